The van der Waals surface area contributed by atoms with Crippen molar-refractivity contribution in [2.45, 2.75) is 65.7 Å². The van der Waals surface area contributed by atoms with Crippen molar-refractivity contribution in [1.29, 1.82) is 0 Å². The summed E-state index contributed by atoms with van der Waals surface area (Å²) in [7, 11) is 1.63. The van der Waals surface area contributed by atoms with Crippen molar-refractivity contribution in [1.82, 2.24) is 9.62 Å². The smallest absolute Gasteiger partial charge is 0.249 e. The van der Waals surface area contributed by atoms with Gasteiger partial charge in [-0.05, 0) is 54.8 Å². The lowest BCUT2D eigenvalue weighted by Gasteiger charge is -2.31. The number of carbonyl (C=O) groups is 1. The number of nitrogens with one attached hydrogen (secondary N) is 1. The van der Waals surface area contributed by atoms with Gasteiger partial charge in [0.25, 0.3) is 0 Å². The third kappa shape index (κ3) is 12.0. The number of allylic oxidation sites excluding steroid dienone is 4. The number of aliphatic hydroxyl groups excluding tert-OH is 2. The molecule has 1 amide bonds. The number of amides is 1. The Bertz CT molecular complexity index is 826. The Morgan fingerprint density at radius 1 is 1.17 bits per heavy atom. The Morgan fingerprint density at radius 2 is 1.83 bits per heavy atom. The fourth-order valence-electron chi connectivity index (χ4n) is 3.24. The number of ether oxygens (including phenoxy) is 1. The van der Waals surface area contributed by atoms with Crippen LogP contribution in [0.15, 0.2) is 65.8 Å². The van der Waals surface area contributed by atoms with Crippen LogP contribution in [0.3, 0.4) is 0 Å². The van der Waals surface area contributed by atoms with Crippen LogP contribution < -0.4 is 5.32 Å². The molecule has 0 aromatic heterocycles. The Hall–Kier alpha value is -2.06. The number of carbonyl (C=O) groups excluding carboxylic acids is 1. The molecule has 0 spiro atoms. The summed E-state index contributed by atoms with van der Waals surface area (Å²) < 4.78 is 7.33. The molecule has 6 nitrogen and oxygen atoms in total. The summed E-state index contributed by atoms with van der Waals surface area (Å²) in [5.41, 5.74) is 1.00. The molecule has 0 heterocycles. The second kappa shape index (κ2) is 16.6. The SMILES string of the molecule is C=C/C(=C\C=C(/C)OC)SN(CC(C)CC)CC(O)C(Cc1ccccc1)NC(=O)C(O)C(C)C. The Kier molecular flexibility index (Phi) is 14.7. The normalized spacial score (nSPS) is 16.1. The monoisotopic (exact) mass is 504 g/mol. The summed E-state index contributed by atoms with van der Waals surface area (Å²) in [6.45, 7) is 14.8. The van der Waals surface area contributed by atoms with Gasteiger partial charge in [0, 0.05) is 18.0 Å². The largest absolute Gasteiger partial charge is 0.501 e. The van der Waals surface area contributed by atoms with E-state index in [0.29, 0.717) is 18.9 Å². The Balaban J connectivity index is 3.12. The van der Waals surface area contributed by atoms with E-state index in [9.17, 15) is 15.0 Å². The van der Waals surface area contributed by atoms with Crippen molar-refractivity contribution in [3.05, 3.63) is 71.4 Å². The van der Waals surface area contributed by atoms with Crippen LogP contribution in [0, 0.1) is 11.8 Å². The van der Waals surface area contributed by atoms with Gasteiger partial charge in [-0.3, -0.25) is 4.79 Å². The highest BCUT2D eigenvalue weighted by Crippen LogP contribution is 2.25. The van der Waals surface area contributed by atoms with Gasteiger partial charge < -0.3 is 20.3 Å². The number of hydrogen-bond donors (Lipinski definition) is 3. The maximum Gasteiger partial charge on any atom is 0.249 e. The Morgan fingerprint density at radius 3 is 2.37 bits per heavy atom. The van der Waals surface area contributed by atoms with Crippen LogP contribution in [-0.2, 0) is 16.0 Å². The summed E-state index contributed by atoms with van der Waals surface area (Å²) in [6.07, 6.45) is 5.09. The van der Waals surface area contributed by atoms with Crippen LogP contribution in [0.1, 0.15) is 46.6 Å². The highest BCUT2D eigenvalue weighted by molar-refractivity contribution is 8.01. The lowest BCUT2D eigenvalue weighted by molar-refractivity contribution is -0.133. The number of rotatable bonds is 16. The molecule has 1 aromatic carbocycles. The van der Waals surface area contributed by atoms with Gasteiger partial charge >= 0.3 is 0 Å². The zero-order chi connectivity index (χ0) is 26.4. The van der Waals surface area contributed by atoms with E-state index >= 15 is 0 Å². The van der Waals surface area contributed by atoms with E-state index in [1.54, 1.807) is 27.0 Å². The first-order valence-electron chi connectivity index (χ1n) is 12.3. The van der Waals surface area contributed by atoms with Crippen LogP contribution in [-0.4, -0.2) is 58.9 Å². The van der Waals surface area contributed by atoms with Gasteiger partial charge in [0.1, 0.15) is 6.10 Å². The van der Waals surface area contributed by atoms with Crippen molar-refractivity contribution < 1.29 is 19.7 Å². The molecule has 4 atom stereocenters. The predicted octanol–water partition coefficient (Wildman–Crippen LogP) is 4.71. The molecule has 0 bridgehead atoms. The molecule has 1 aromatic rings. The van der Waals surface area contributed by atoms with E-state index in [-0.39, 0.29) is 5.92 Å². The first-order valence-corrected chi connectivity index (χ1v) is 13.1. The number of hydrogen-bond acceptors (Lipinski definition) is 6. The lowest BCUT2D eigenvalue weighted by Crippen LogP contribution is -2.52. The lowest BCUT2D eigenvalue weighted by atomic mass is 9.99. The third-order valence-electron chi connectivity index (χ3n) is 5.83. The minimum Gasteiger partial charge on any atom is -0.501 e. The summed E-state index contributed by atoms with van der Waals surface area (Å²) >= 11 is 1.52. The fraction of sp³-hybridized carbons (Fsp3) is 0.536. The Labute approximate surface area is 216 Å². The van der Waals surface area contributed by atoms with Crippen molar-refractivity contribution >= 4 is 17.9 Å². The van der Waals surface area contributed by atoms with Gasteiger partial charge in [0.2, 0.25) is 5.91 Å². The molecule has 0 aliphatic carbocycles. The molecule has 0 aliphatic heterocycles. The maximum absolute atomic E-state index is 12.7. The quantitative estimate of drug-likeness (QED) is 0.172. The van der Waals surface area contributed by atoms with Crippen molar-refractivity contribution in [3.63, 3.8) is 0 Å². The molecule has 196 valence electrons. The second-order valence-corrected chi connectivity index (χ2v) is 10.4. The van der Waals surface area contributed by atoms with Crippen LogP contribution >= 0.6 is 11.9 Å². The minimum absolute atomic E-state index is 0.217. The molecule has 35 heavy (non-hydrogen) atoms. The molecule has 0 aliphatic rings. The standard InChI is InChI=1S/C28H44N2O4S/c1-8-21(5)18-30(35-24(9-2)16-15-22(6)34-7)19-26(31)25(17-23-13-11-10-12-14-23)29-28(33)27(32)20(3)4/h9-16,20-21,25-27,31-32H,2,8,17-19H2,1,3-7H3,(H,29,33)/b22-15+,24-16+. The van der Waals surface area contributed by atoms with Crippen LogP contribution in [0.5, 0.6) is 0 Å². The van der Waals surface area contributed by atoms with Crippen LogP contribution in [0.2, 0.25) is 0 Å². The highest BCUT2D eigenvalue weighted by Gasteiger charge is 2.28. The van der Waals surface area contributed by atoms with Gasteiger partial charge in [-0.25, -0.2) is 4.31 Å². The van der Waals surface area contributed by atoms with Crippen molar-refractivity contribution in [2.75, 3.05) is 20.2 Å². The maximum atomic E-state index is 12.7. The first-order chi connectivity index (χ1) is 16.6. The first kappa shape index (κ1) is 31.0. The molecule has 3 N–H and O–H groups in total. The van der Waals surface area contributed by atoms with Crippen LogP contribution in [0.25, 0.3) is 0 Å². The number of aliphatic hydroxyl groups is 2. The summed E-state index contributed by atoms with van der Waals surface area (Å²) in [4.78, 5) is 13.6. The van der Waals surface area contributed by atoms with Gasteiger partial charge in [-0.1, -0.05) is 77.1 Å². The number of benzene rings is 1. The second-order valence-electron chi connectivity index (χ2n) is 9.27. The molecule has 0 radical (unpaired) electrons. The van der Waals surface area contributed by atoms with Gasteiger partial charge in [-0.2, -0.15) is 0 Å². The van der Waals surface area contributed by atoms with E-state index in [1.165, 1.54) is 11.9 Å². The van der Waals surface area contributed by atoms with E-state index in [2.05, 4.69) is 30.0 Å². The minimum atomic E-state index is -1.13. The van der Waals surface area contributed by atoms with Crippen molar-refractivity contribution in [2.24, 2.45) is 11.8 Å². The van der Waals surface area contributed by atoms with E-state index in [4.69, 9.17) is 4.74 Å². The molecule has 0 saturated carbocycles. The predicted molar refractivity (Wildman–Crippen MR) is 147 cm³/mol. The molecule has 1 rings (SSSR count). The molecule has 0 saturated heterocycles. The topological polar surface area (TPSA) is 82.0 Å². The van der Waals surface area contributed by atoms with E-state index in [0.717, 1.165) is 29.2 Å². The van der Waals surface area contributed by atoms with Crippen molar-refractivity contribution in [3.8, 4) is 0 Å². The van der Waals surface area contributed by atoms with Gasteiger partial charge in [-0.15, -0.1) is 0 Å². The fourth-order valence-corrected chi connectivity index (χ4v) is 4.29. The zero-order valence-corrected chi connectivity index (χ0v) is 22.9. The summed E-state index contributed by atoms with van der Waals surface area (Å²) in [5.74, 6) is 0.522. The zero-order valence-electron chi connectivity index (χ0n) is 22.1. The molecule has 7 heteroatoms. The average Bonchev–Trinajstić information content (AvgIpc) is 2.85. The van der Waals surface area contributed by atoms with Gasteiger partial charge in [0.15, 0.2) is 0 Å². The van der Waals surface area contributed by atoms with Crippen LogP contribution in [0.4, 0.5) is 0 Å². The highest BCUT2D eigenvalue weighted by atomic mass is 32.2. The summed E-state index contributed by atoms with van der Waals surface area (Å²) in [6, 6.07) is 9.20. The summed E-state index contributed by atoms with van der Waals surface area (Å²) in [5, 5.41) is 24.5. The number of nitrogens with zero attached hydrogens (tertiary/aromatic N) is 1. The molecule has 4 unspecified atom stereocenters. The van der Waals surface area contributed by atoms with E-state index in [1.807, 2.05) is 49.4 Å². The third-order valence-corrected chi connectivity index (χ3v) is 6.90. The number of methoxy groups -OCH3 is 1. The average molecular weight is 505 g/mol. The van der Waals surface area contributed by atoms with E-state index < -0.39 is 24.2 Å². The molecule has 0 fully saturated rings. The molecular formula is C28H44N2O4S. The van der Waals surface area contributed by atoms with Gasteiger partial charge in [0.05, 0.1) is 25.0 Å². The molecular weight excluding hydrogens is 460 g/mol.